The molecular weight excluding hydrogens is 423 g/mol. The van der Waals surface area contributed by atoms with Gasteiger partial charge in [-0.1, -0.05) is 29.6 Å². The van der Waals surface area contributed by atoms with Gasteiger partial charge in [-0.05, 0) is 58.4 Å². The van der Waals surface area contributed by atoms with Crippen molar-refractivity contribution in [2.24, 2.45) is 0 Å². The Kier molecular flexibility index (Phi) is 8.02. The van der Waals surface area contributed by atoms with Crippen LogP contribution in [0.2, 0.25) is 10.0 Å². The van der Waals surface area contributed by atoms with Gasteiger partial charge in [0.05, 0.1) is 15.7 Å². The second-order valence-electron chi connectivity index (χ2n) is 7.96. The van der Waals surface area contributed by atoms with Gasteiger partial charge in [-0.2, -0.15) is 0 Å². The maximum absolute atomic E-state index is 12.7. The van der Waals surface area contributed by atoms with Gasteiger partial charge in [0.2, 0.25) is 0 Å². The van der Waals surface area contributed by atoms with E-state index in [-0.39, 0.29) is 21.7 Å². The fourth-order valence-corrected chi connectivity index (χ4v) is 5.24. The molecule has 1 atom stereocenters. The highest BCUT2D eigenvalue weighted by Crippen LogP contribution is 2.26. The lowest BCUT2D eigenvalue weighted by atomic mass is 10.0. The Morgan fingerprint density at radius 3 is 2.68 bits per heavy atom. The second-order valence-corrected chi connectivity index (χ2v) is 10.9. The van der Waals surface area contributed by atoms with Crippen molar-refractivity contribution in [3.8, 4) is 0 Å². The van der Waals surface area contributed by atoms with Crippen LogP contribution in [0.1, 0.15) is 40.0 Å². The Labute approximate surface area is 177 Å². The van der Waals surface area contributed by atoms with E-state index in [9.17, 15) is 13.2 Å². The van der Waals surface area contributed by atoms with Crippen molar-refractivity contribution in [2.75, 3.05) is 25.4 Å². The van der Waals surface area contributed by atoms with E-state index in [0.29, 0.717) is 18.1 Å². The fourth-order valence-electron chi connectivity index (χ4n) is 3.16. The summed E-state index contributed by atoms with van der Waals surface area (Å²) in [6, 6.07) is 4.51. The Balaban J connectivity index is 1.97. The summed E-state index contributed by atoms with van der Waals surface area (Å²) < 4.78 is 30.7. The largest absolute Gasteiger partial charge is 0.444 e. The molecule has 0 spiro atoms. The van der Waals surface area contributed by atoms with Crippen molar-refractivity contribution < 1.29 is 17.9 Å². The van der Waals surface area contributed by atoms with Gasteiger partial charge < -0.3 is 10.1 Å². The highest BCUT2D eigenvalue weighted by Gasteiger charge is 2.27. The van der Waals surface area contributed by atoms with Crippen LogP contribution in [0.3, 0.4) is 0 Å². The number of amides is 1. The van der Waals surface area contributed by atoms with Gasteiger partial charge in [-0.15, -0.1) is 0 Å². The molecule has 0 aliphatic carbocycles. The Morgan fingerprint density at radius 2 is 2.00 bits per heavy atom. The molecule has 0 bridgehead atoms. The van der Waals surface area contributed by atoms with Gasteiger partial charge in [0, 0.05) is 24.2 Å². The Bertz CT molecular complexity index is 794. The van der Waals surface area contributed by atoms with Crippen LogP contribution in [0, 0.1) is 0 Å². The molecule has 1 heterocycles. The van der Waals surface area contributed by atoms with Crippen LogP contribution in [-0.4, -0.2) is 56.4 Å². The average Bonchev–Trinajstić information content (AvgIpc) is 2.59. The zero-order valence-electron chi connectivity index (χ0n) is 16.5. The topological polar surface area (TPSA) is 75.7 Å². The minimum atomic E-state index is -3.56. The molecule has 6 nitrogen and oxygen atoms in total. The normalized spacial score (nSPS) is 18.7. The van der Waals surface area contributed by atoms with Crippen molar-refractivity contribution in [1.29, 1.82) is 0 Å². The number of hydrogen-bond donors (Lipinski definition) is 1. The number of likely N-dealkylation sites (tertiary alicyclic amines) is 1. The molecule has 1 aliphatic rings. The van der Waals surface area contributed by atoms with Crippen LogP contribution in [0.5, 0.6) is 0 Å². The molecule has 1 saturated heterocycles. The standard InChI is InChI=1S/C19H28Cl2N2O4S/c1-19(2,3)27-18(24)22-13-15-6-4-5-9-23(15)10-11-28(25,26)17-12-14(20)7-8-16(17)21/h7-8,12,15H,4-6,9-11,13H2,1-3H3,(H,22,24). The van der Waals surface area contributed by atoms with E-state index < -0.39 is 21.5 Å². The van der Waals surface area contributed by atoms with Crippen molar-refractivity contribution in [2.45, 2.75) is 56.6 Å². The first-order chi connectivity index (χ1) is 13.0. The number of nitrogens with one attached hydrogen (secondary N) is 1. The van der Waals surface area contributed by atoms with Gasteiger partial charge in [0.15, 0.2) is 9.84 Å². The molecule has 2 rings (SSSR count). The smallest absolute Gasteiger partial charge is 0.407 e. The summed E-state index contributed by atoms with van der Waals surface area (Å²) >= 11 is 12.0. The molecule has 1 aromatic carbocycles. The molecule has 1 N–H and O–H groups in total. The Morgan fingerprint density at radius 1 is 1.29 bits per heavy atom. The third kappa shape index (κ3) is 7.10. The summed E-state index contributed by atoms with van der Waals surface area (Å²) in [5.74, 6) is -0.0595. The number of hydrogen-bond acceptors (Lipinski definition) is 5. The van der Waals surface area contributed by atoms with Crippen LogP contribution in [0.4, 0.5) is 4.79 Å². The zero-order chi connectivity index (χ0) is 20.9. The number of rotatable bonds is 6. The maximum atomic E-state index is 12.7. The predicted molar refractivity (Wildman–Crippen MR) is 112 cm³/mol. The maximum Gasteiger partial charge on any atom is 0.407 e. The molecule has 1 amide bonds. The summed E-state index contributed by atoms with van der Waals surface area (Å²) in [5.41, 5.74) is -0.555. The number of nitrogens with zero attached hydrogens (tertiary/aromatic N) is 1. The molecule has 0 aromatic heterocycles. The number of ether oxygens (including phenoxy) is 1. The van der Waals surface area contributed by atoms with Crippen molar-refractivity contribution in [3.05, 3.63) is 28.2 Å². The summed E-state index contributed by atoms with van der Waals surface area (Å²) in [6.45, 7) is 7.01. The first-order valence-corrected chi connectivity index (χ1v) is 11.8. The number of sulfone groups is 1. The number of carbonyl (C=O) groups excluding carboxylic acids is 1. The van der Waals surface area contributed by atoms with Gasteiger partial charge in [0.25, 0.3) is 0 Å². The van der Waals surface area contributed by atoms with Crippen molar-refractivity contribution in [1.82, 2.24) is 10.2 Å². The van der Waals surface area contributed by atoms with Gasteiger partial charge >= 0.3 is 6.09 Å². The van der Waals surface area contributed by atoms with Crippen molar-refractivity contribution >= 4 is 39.1 Å². The summed E-state index contributed by atoms with van der Waals surface area (Å²) in [6.07, 6.45) is 2.48. The van der Waals surface area contributed by atoms with Crippen LogP contribution < -0.4 is 5.32 Å². The van der Waals surface area contributed by atoms with E-state index in [1.807, 2.05) is 20.8 Å². The molecule has 28 heavy (non-hydrogen) atoms. The molecule has 1 unspecified atom stereocenters. The molecule has 9 heteroatoms. The molecule has 1 aliphatic heterocycles. The SMILES string of the molecule is CC(C)(C)OC(=O)NCC1CCCCN1CCS(=O)(=O)c1cc(Cl)ccc1Cl. The lowest BCUT2D eigenvalue weighted by Crippen LogP contribution is -2.48. The second kappa shape index (κ2) is 9.65. The highest BCUT2D eigenvalue weighted by molar-refractivity contribution is 7.91. The van der Waals surface area contributed by atoms with E-state index >= 15 is 0 Å². The summed E-state index contributed by atoms with van der Waals surface area (Å²) in [5, 5.41) is 3.30. The van der Waals surface area contributed by atoms with E-state index in [1.54, 1.807) is 6.07 Å². The number of piperidine rings is 1. The molecule has 158 valence electrons. The zero-order valence-corrected chi connectivity index (χ0v) is 18.8. The number of alkyl carbamates (subject to hydrolysis) is 1. The quantitative estimate of drug-likeness (QED) is 0.704. The van der Waals surface area contributed by atoms with Gasteiger partial charge in [-0.3, -0.25) is 4.90 Å². The monoisotopic (exact) mass is 450 g/mol. The van der Waals surface area contributed by atoms with Gasteiger partial charge in [-0.25, -0.2) is 13.2 Å². The Hall–Kier alpha value is -1.02. The number of halogens is 2. The third-order valence-electron chi connectivity index (χ3n) is 4.51. The minimum absolute atomic E-state index is 0.0575. The highest BCUT2D eigenvalue weighted by atomic mass is 35.5. The lowest BCUT2D eigenvalue weighted by Gasteiger charge is -2.35. The van der Waals surface area contributed by atoms with E-state index in [4.69, 9.17) is 27.9 Å². The molecule has 0 saturated carbocycles. The number of benzene rings is 1. The average molecular weight is 451 g/mol. The lowest BCUT2D eigenvalue weighted by molar-refractivity contribution is 0.0497. The molecular formula is C19H28Cl2N2O4S. The van der Waals surface area contributed by atoms with Crippen LogP contribution in [-0.2, 0) is 14.6 Å². The summed E-state index contributed by atoms with van der Waals surface area (Å²) in [4.78, 5) is 14.1. The first-order valence-electron chi connectivity index (χ1n) is 9.37. The molecule has 1 aromatic rings. The first kappa shape index (κ1) is 23.3. The van der Waals surface area contributed by atoms with E-state index in [1.165, 1.54) is 12.1 Å². The number of carbonyl (C=O) groups is 1. The van der Waals surface area contributed by atoms with E-state index in [2.05, 4.69) is 10.2 Å². The third-order valence-corrected chi connectivity index (χ3v) is 6.91. The molecule has 1 fully saturated rings. The molecule has 0 radical (unpaired) electrons. The van der Waals surface area contributed by atoms with Crippen molar-refractivity contribution in [3.63, 3.8) is 0 Å². The fraction of sp³-hybridized carbons (Fsp3) is 0.632. The van der Waals surface area contributed by atoms with Crippen LogP contribution in [0.25, 0.3) is 0 Å². The van der Waals surface area contributed by atoms with Crippen LogP contribution >= 0.6 is 23.2 Å². The minimum Gasteiger partial charge on any atom is -0.444 e. The van der Waals surface area contributed by atoms with Crippen LogP contribution in [0.15, 0.2) is 23.1 Å². The predicted octanol–water partition coefficient (Wildman–Crippen LogP) is 4.15. The van der Waals surface area contributed by atoms with E-state index in [0.717, 1.165) is 25.8 Å². The van der Waals surface area contributed by atoms with Gasteiger partial charge in [0.1, 0.15) is 5.60 Å². The summed E-state index contributed by atoms with van der Waals surface area (Å²) in [7, 11) is -3.56.